The molecule has 1 aromatic rings. The fraction of sp³-hybridized carbons (Fsp3) is 0.789. The summed E-state index contributed by atoms with van der Waals surface area (Å²) >= 11 is 0. The lowest BCUT2D eigenvalue weighted by molar-refractivity contribution is 0.346. The summed E-state index contributed by atoms with van der Waals surface area (Å²) in [5.41, 5.74) is 4.04. The van der Waals surface area contributed by atoms with Crippen LogP contribution < -0.4 is 10.6 Å². The maximum atomic E-state index is 4.74. The first-order valence-electron chi connectivity index (χ1n) is 9.18. The lowest BCUT2D eigenvalue weighted by atomic mass is 9.89. The van der Waals surface area contributed by atoms with Crippen LogP contribution in [0.25, 0.3) is 0 Å². The molecule has 0 fully saturated rings. The van der Waals surface area contributed by atoms with Gasteiger partial charge in [-0.25, -0.2) is 0 Å². The van der Waals surface area contributed by atoms with Crippen molar-refractivity contribution in [2.45, 2.75) is 73.8 Å². The summed E-state index contributed by atoms with van der Waals surface area (Å²) in [6.45, 7) is 17.0. The number of rotatable bonds is 7. The highest BCUT2D eigenvalue weighted by molar-refractivity contribution is 5.80. The monoisotopic (exact) mass is 335 g/mol. The zero-order chi connectivity index (χ0) is 18.3. The van der Waals surface area contributed by atoms with Gasteiger partial charge in [0.05, 0.1) is 5.69 Å². The van der Waals surface area contributed by atoms with E-state index >= 15 is 0 Å². The van der Waals surface area contributed by atoms with E-state index in [2.05, 4.69) is 64.2 Å². The molecule has 0 aliphatic carbocycles. The predicted molar refractivity (Wildman–Crippen MR) is 104 cm³/mol. The summed E-state index contributed by atoms with van der Waals surface area (Å²) < 4.78 is 1.95. The Kier molecular flexibility index (Phi) is 7.77. The highest BCUT2D eigenvalue weighted by Gasteiger charge is 2.13. The minimum Gasteiger partial charge on any atom is -0.357 e. The van der Waals surface area contributed by atoms with Crippen LogP contribution in [0, 0.1) is 19.3 Å². The third-order valence-electron chi connectivity index (χ3n) is 4.35. The Hall–Kier alpha value is -1.52. The topological polar surface area (TPSA) is 54.2 Å². The van der Waals surface area contributed by atoms with Gasteiger partial charge in [0.2, 0.25) is 0 Å². The lowest BCUT2D eigenvalue weighted by Gasteiger charge is -2.23. The Balaban J connectivity index is 2.59. The molecule has 1 atom stereocenters. The summed E-state index contributed by atoms with van der Waals surface area (Å²) in [7, 11) is 2.00. The third-order valence-corrected chi connectivity index (χ3v) is 4.35. The molecule has 0 saturated carbocycles. The van der Waals surface area contributed by atoms with Crippen LogP contribution in [0.4, 0.5) is 0 Å². The van der Waals surface area contributed by atoms with Crippen molar-refractivity contribution in [3.05, 3.63) is 17.0 Å². The number of aromatic nitrogens is 2. The average molecular weight is 336 g/mol. The van der Waals surface area contributed by atoms with Gasteiger partial charge in [-0.2, -0.15) is 5.10 Å². The second-order valence-electron chi connectivity index (χ2n) is 7.93. The molecule has 5 nitrogen and oxygen atoms in total. The van der Waals surface area contributed by atoms with Crippen LogP contribution in [0.1, 0.15) is 64.4 Å². The van der Waals surface area contributed by atoms with Crippen LogP contribution in [0.3, 0.4) is 0 Å². The molecule has 24 heavy (non-hydrogen) atoms. The fourth-order valence-corrected chi connectivity index (χ4v) is 2.73. The maximum Gasteiger partial charge on any atom is 0.191 e. The average Bonchev–Trinajstić information content (AvgIpc) is 2.71. The summed E-state index contributed by atoms with van der Waals surface area (Å²) in [5, 5.41) is 11.4. The van der Waals surface area contributed by atoms with Crippen molar-refractivity contribution in [3.63, 3.8) is 0 Å². The fourth-order valence-electron chi connectivity index (χ4n) is 2.73. The van der Waals surface area contributed by atoms with Crippen molar-refractivity contribution < 1.29 is 0 Å². The summed E-state index contributed by atoms with van der Waals surface area (Å²) in [4.78, 5) is 4.74. The van der Waals surface area contributed by atoms with Crippen LogP contribution in [-0.2, 0) is 13.5 Å². The molecule has 1 rings (SSSR count). The van der Waals surface area contributed by atoms with Gasteiger partial charge < -0.3 is 10.6 Å². The zero-order valence-corrected chi connectivity index (χ0v) is 17.0. The van der Waals surface area contributed by atoms with Crippen LogP contribution in [0.2, 0.25) is 0 Å². The highest BCUT2D eigenvalue weighted by atomic mass is 15.3. The van der Waals surface area contributed by atoms with Crippen molar-refractivity contribution >= 4 is 5.96 Å². The number of nitrogens with one attached hydrogen (secondary N) is 2. The number of aliphatic imine (C=N–C) groups is 1. The number of nitrogens with zero attached hydrogens (tertiary/aromatic N) is 3. The van der Waals surface area contributed by atoms with Crippen molar-refractivity contribution in [2.75, 3.05) is 13.1 Å². The molecule has 1 heterocycles. The normalized spacial score (nSPS) is 13.9. The molecule has 0 amide bonds. The van der Waals surface area contributed by atoms with Crippen molar-refractivity contribution in [1.82, 2.24) is 20.4 Å². The predicted octanol–water partition coefficient (Wildman–Crippen LogP) is 3.35. The Morgan fingerprint density at radius 1 is 1.29 bits per heavy atom. The van der Waals surface area contributed by atoms with Crippen LogP contribution in [0.15, 0.2) is 4.99 Å². The van der Waals surface area contributed by atoms with Gasteiger partial charge in [-0.05, 0) is 57.9 Å². The first-order valence-corrected chi connectivity index (χ1v) is 9.18. The molecule has 0 aliphatic rings. The Bertz CT molecular complexity index is 537. The second-order valence-corrected chi connectivity index (χ2v) is 7.93. The maximum absolute atomic E-state index is 4.74. The molecule has 1 aromatic heterocycles. The quantitative estimate of drug-likeness (QED) is 0.593. The minimum absolute atomic E-state index is 0.376. The second kappa shape index (κ2) is 9.09. The largest absolute Gasteiger partial charge is 0.357 e. The van der Waals surface area contributed by atoms with Gasteiger partial charge >= 0.3 is 0 Å². The summed E-state index contributed by atoms with van der Waals surface area (Å²) in [5.74, 6) is 0.915. The molecular weight excluding hydrogens is 298 g/mol. The minimum atomic E-state index is 0.376. The first kappa shape index (κ1) is 20.5. The first-order chi connectivity index (χ1) is 11.1. The van der Waals surface area contributed by atoms with Gasteiger partial charge in [0, 0.05) is 31.9 Å². The smallest absolute Gasteiger partial charge is 0.191 e. The molecule has 138 valence electrons. The number of aryl methyl sites for hydroxylation is 2. The van der Waals surface area contributed by atoms with Gasteiger partial charge in [-0.15, -0.1) is 0 Å². The molecule has 0 spiro atoms. The molecule has 0 radical (unpaired) electrons. The SMILES string of the molecule is CCNC(=NCCc1c(C)nn(C)c1C)NC(C)CCC(C)(C)C. The van der Waals surface area contributed by atoms with E-state index in [-0.39, 0.29) is 0 Å². The standard InChI is InChI=1S/C19H37N5/c1-9-20-18(22-14(2)10-12-19(5,6)7)21-13-11-17-15(3)23-24(8)16(17)4/h14H,9-13H2,1-8H3,(H2,20,21,22). The van der Waals surface area contributed by atoms with Gasteiger partial charge in [-0.1, -0.05) is 20.8 Å². The Morgan fingerprint density at radius 3 is 2.46 bits per heavy atom. The third kappa shape index (κ3) is 6.93. The zero-order valence-electron chi connectivity index (χ0n) is 17.0. The molecule has 0 bridgehead atoms. The molecule has 1 unspecified atom stereocenters. The van der Waals surface area contributed by atoms with E-state index in [4.69, 9.17) is 4.99 Å². The molecular formula is C19H37N5. The van der Waals surface area contributed by atoms with Crippen LogP contribution in [0.5, 0.6) is 0 Å². The summed E-state index contributed by atoms with van der Waals surface area (Å²) in [6.07, 6.45) is 3.28. The Morgan fingerprint density at radius 2 is 1.96 bits per heavy atom. The van der Waals surface area contributed by atoms with E-state index in [9.17, 15) is 0 Å². The summed E-state index contributed by atoms with van der Waals surface area (Å²) in [6, 6.07) is 0.420. The van der Waals surface area contributed by atoms with E-state index in [0.717, 1.165) is 37.6 Å². The van der Waals surface area contributed by atoms with Crippen molar-refractivity contribution in [3.8, 4) is 0 Å². The molecule has 5 heteroatoms. The number of guanidine groups is 1. The lowest BCUT2D eigenvalue weighted by Crippen LogP contribution is -2.42. The van der Waals surface area contributed by atoms with Gasteiger partial charge in [0.25, 0.3) is 0 Å². The van der Waals surface area contributed by atoms with Gasteiger partial charge in [-0.3, -0.25) is 9.67 Å². The number of hydrogen-bond acceptors (Lipinski definition) is 2. The number of hydrogen-bond donors (Lipinski definition) is 2. The van der Waals surface area contributed by atoms with Crippen molar-refractivity contribution in [1.29, 1.82) is 0 Å². The van der Waals surface area contributed by atoms with E-state index in [0.29, 0.717) is 11.5 Å². The molecule has 2 N–H and O–H groups in total. The van der Waals surface area contributed by atoms with Crippen LogP contribution >= 0.6 is 0 Å². The van der Waals surface area contributed by atoms with E-state index in [1.807, 2.05) is 11.7 Å². The molecule has 0 saturated heterocycles. The molecule has 0 aliphatic heterocycles. The van der Waals surface area contributed by atoms with E-state index in [1.165, 1.54) is 17.7 Å². The van der Waals surface area contributed by atoms with Gasteiger partial charge in [0.15, 0.2) is 5.96 Å². The van der Waals surface area contributed by atoms with E-state index in [1.54, 1.807) is 0 Å². The Labute approximate surface area is 148 Å². The van der Waals surface area contributed by atoms with Crippen LogP contribution in [-0.4, -0.2) is 34.9 Å². The van der Waals surface area contributed by atoms with Gasteiger partial charge in [0.1, 0.15) is 0 Å². The molecule has 0 aromatic carbocycles. The van der Waals surface area contributed by atoms with Crippen molar-refractivity contribution in [2.24, 2.45) is 17.5 Å². The highest BCUT2D eigenvalue weighted by Crippen LogP contribution is 2.21. The van der Waals surface area contributed by atoms with E-state index < -0.39 is 0 Å².